The number of nitrogens with zero attached hydrogens (tertiary/aromatic N) is 3. The average Bonchev–Trinajstić information content (AvgIpc) is 3.20. The molecule has 45 heavy (non-hydrogen) atoms. The third-order valence-electron chi connectivity index (χ3n) is 8.80. The van der Waals surface area contributed by atoms with Gasteiger partial charge in [-0.2, -0.15) is 26.3 Å². The van der Waals surface area contributed by atoms with Crippen molar-refractivity contribution in [2.24, 2.45) is 0 Å². The zero-order chi connectivity index (χ0) is 32.6. The van der Waals surface area contributed by atoms with E-state index < -0.39 is 29.1 Å². The molecule has 1 amide bonds. The van der Waals surface area contributed by atoms with Crippen LogP contribution in [0.2, 0.25) is 0 Å². The molecular weight excluding hydrogens is 606 g/mol. The molecule has 3 aliphatic rings. The normalized spacial score (nSPS) is 21.6. The van der Waals surface area contributed by atoms with Gasteiger partial charge in [-0.25, -0.2) is 0 Å². The number of fused-ring (bicyclic) bond motifs is 1. The van der Waals surface area contributed by atoms with E-state index >= 15 is 0 Å². The van der Waals surface area contributed by atoms with E-state index in [1.807, 2.05) is 28.0 Å². The summed E-state index contributed by atoms with van der Waals surface area (Å²) < 4.78 is 92.5. The first kappa shape index (κ1) is 33.1. The van der Waals surface area contributed by atoms with Gasteiger partial charge in [-0.1, -0.05) is 31.5 Å². The number of nitrogens with one attached hydrogen (secondary N) is 1. The smallest absolute Gasteiger partial charge is 0.430 e. The third kappa shape index (κ3) is 6.54. The lowest BCUT2D eigenvalue weighted by Crippen LogP contribution is -2.54. The number of benzene rings is 2. The predicted octanol–water partition coefficient (Wildman–Crippen LogP) is 4.54. The van der Waals surface area contributed by atoms with Crippen LogP contribution in [0.3, 0.4) is 0 Å². The van der Waals surface area contributed by atoms with Crippen LogP contribution in [-0.4, -0.2) is 92.3 Å². The number of anilines is 1. The molecular formula is C31H38F6N4O4. The lowest BCUT2D eigenvalue weighted by atomic mass is 9.89. The summed E-state index contributed by atoms with van der Waals surface area (Å²) in [6.07, 6.45) is -10.6. The first-order chi connectivity index (χ1) is 21.2. The van der Waals surface area contributed by atoms with Crippen molar-refractivity contribution in [1.82, 2.24) is 15.1 Å². The first-order valence-corrected chi connectivity index (χ1v) is 15.1. The zero-order valence-corrected chi connectivity index (χ0v) is 25.2. The van der Waals surface area contributed by atoms with Crippen molar-refractivity contribution in [3.63, 3.8) is 0 Å². The Morgan fingerprint density at radius 1 is 0.956 bits per heavy atom. The molecule has 14 heteroatoms. The first-order valence-electron chi connectivity index (χ1n) is 15.1. The summed E-state index contributed by atoms with van der Waals surface area (Å²) in [5.74, 6) is 1.34. The molecule has 5 rings (SSSR count). The number of hydrogen-bond donors (Lipinski definition) is 2. The maximum Gasteiger partial charge on any atom is 0.430 e. The number of rotatable bonds is 7. The number of amides is 1. The highest BCUT2D eigenvalue weighted by Gasteiger charge is 2.71. The summed E-state index contributed by atoms with van der Waals surface area (Å²) in [4.78, 5) is 19.0. The van der Waals surface area contributed by atoms with Crippen molar-refractivity contribution in [3.8, 4) is 11.5 Å². The van der Waals surface area contributed by atoms with Crippen LogP contribution in [0, 0.1) is 0 Å². The molecule has 2 saturated heterocycles. The van der Waals surface area contributed by atoms with Crippen molar-refractivity contribution in [2.75, 3.05) is 64.1 Å². The van der Waals surface area contributed by atoms with E-state index in [4.69, 9.17) is 9.47 Å². The van der Waals surface area contributed by atoms with Gasteiger partial charge < -0.3 is 24.4 Å². The molecule has 0 aromatic heterocycles. The number of hydrogen-bond acceptors (Lipinski definition) is 7. The number of carbonyl (C=O) groups excluding carboxylic acids is 1. The zero-order valence-electron chi connectivity index (χ0n) is 25.2. The quantitative estimate of drug-likeness (QED) is 0.429. The Bertz CT molecular complexity index is 1370. The summed E-state index contributed by atoms with van der Waals surface area (Å²) >= 11 is 0. The van der Waals surface area contributed by atoms with Gasteiger partial charge >= 0.3 is 12.4 Å². The Morgan fingerprint density at radius 3 is 2.36 bits per heavy atom. The van der Waals surface area contributed by atoms with Crippen LogP contribution in [0.4, 0.5) is 32.0 Å². The second kappa shape index (κ2) is 12.5. The fourth-order valence-electron chi connectivity index (χ4n) is 6.31. The molecule has 0 bridgehead atoms. The molecule has 1 unspecified atom stereocenters. The topological polar surface area (TPSA) is 77.5 Å². The maximum absolute atomic E-state index is 13.5. The molecule has 0 saturated carbocycles. The number of aliphatic hydroxyl groups is 1. The van der Waals surface area contributed by atoms with Crippen molar-refractivity contribution in [1.29, 1.82) is 0 Å². The van der Waals surface area contributed by atoms with E-state index in [2.05, 4.69) is 12.2 Å². The molecule has 3 heterocycles. The molecule has 3 aliphatic heterocycles. The van der Waals surface area contributed by atoms with Gasteiger partial charge in [-0.3, -0.25) is 15.0 Å². The van der Waals surface area contributed by atoms with Crippen molar-refractivity contribution >= 4 is 11.6 Å². The average molecular weight is 645 g/mol. The van der Waals surface area contributed by atoms with E-state index in [0.29, 0.717) is 88.7 Å². The van der Waals surface area contributed by atoms with Crippen LogP contribution in [0.1, 0.15) is 43.4 Å². The number of alkyl halides is 6. The minimum absolute atomic E-state index is 0.0605. The van der Waals surface area contributed by atoms with Gasteiger partial charge in [-0.05, 0) is 49.1 Å². The van der Waals surface area contributed by atoms with Gasteiger partial charge in [0.2, 0.25) is 5.91 Å². The van der Waals surface area contributed by atoms with E-state index in [9.17, 15) is 36.2 Å². The Kier molecular flexibility index (Phi) is 9.22. The predicted molar refractivity (Wildman–Crippen MR) is 154 cm³/mol. The molecule has 2 aromatic rings. The lowest BCUT2D eigenvalue weighted by Gasteiger charge is -2.34. The van der Waals surface area contributed by atoms with Gasteiger partial charge in [0, 0.05) is 50.6 Å². The summed E-state index contributed by atoms with van der Waals surface area (Å²) in [6.45, 7) is 7.76. The van der Waals surface area contributed by atoms with Gasteiger partial charge in [0.15, 0.2) is 11.5 Å². The lowest BCUT2D eigenvalue weighted by molar-refractivity contribution is -0.376. The summed E-state index contributed by atoms with van der Waals surface area (Å²) in [5, 5.41) is 13.4. The number of aryl methyl sites for hydroxylation is 1. The molecule has 8 nitrogen and oxygen atoms in total. The molecule has 0 aliphatic carbocycles. The summed E-state index contributed by atoms with van der Waals surface area (Å²) in [7, 11) is 0. The maximum atomic E-state index is 13.5. The highest BCUT2D eigenvalue weighted by molar-refractivity contribution is 5.78. The van der Waals surface area contributed by atoms with Crippen LogP contribution >= 0.6 is 0 Å². The van der Waals surface area contributed by atoms with Gasteiger partial charge in [-0.15, -0.1) is 0 Å². The molecule has 1 atom stereocenters. The highest BCUT2D eigenvalue weighted by Crippen LogP contribution is 2.50. The number of carbonyl (C=O) groups is 1. The minimum atomic E-state index is -5.95. The van der Waals surface area contributed by atoms with E-state index in [1.165, 1.54) is 6.07 Å². The van der Waals surface area contributed by atoms with E-state index in [0.717, 1.165) is 11.6 Å². The molecule has 0 radical (unpaired) electrons. The van der Waals surface area contributed by atoms with E-state index in [-0.39, 0.29) is 24.4 Å². The fourth-order valence-corrected chi connectivity index (χ4v) is 6.31. The number of ether oxygens (including phenoxy) is 2. The summed E-state index contributed by atoms with van der Waals surface area (Å²) in [6, 6.07) is 8.56. The monoisotopic (exact) mass is 644 g/mol. The standard InChI is InChI=1S/C31H38F6N4O4/c1-3-5-21-16-23(29(43,30(32,33)34)31(35,36)37)6-8-24(21)40-10-4-11-41(13-12-40)27(42)18-39-19-28(2,38-20-39)22-7-9-25-26(17-22)45-15-14-44-25/h6-9,16-17,38,43H,3-5,10-15,18-20H2,1-2H3. The molecule has 248 valence electrons. The molecule has 2 fully saturated rings. The Hall–Kier alpha value is -3.23. The largest absolute Gasteiger partial charge is 0.486 e. The highest BCUT2D eigenvalue weighted by atomic mass is 19.4. The van der Waals surface area contributed by atoms with Gasteiger partial charge in [0.05, 0.1) is 12.1 Å². The second-order valence-corrected chi connectivity index (χ2v) is 12.0. The second-order valence-electron chi connectivity index (χ2n) is 12.0. The Balaban J connectivity index is 1.24. The Morgan fingerprint density at radius 2 is 1.67 bits per heavy atom. The van der Waals surface area contributed by atoms with Crippen LogP contribution < -0.4 is 19.7 Å². The summed E-state index contributed by atoms with van der Waals surface area (Å²) in [5.41, 5.74) is -4.85. The van der Waals surface area contributed by atoms with Crippen molar-refractivity contribution < 1.29 is 45.7 Å². The van der Waals surface area contributed by atoms with Crippen LogP contribution in [0.5, 0.6) is 11.5 Å². The SMILES string of the molecule is CCCc1cc(C(O)(C(F)(F)F)C(F)(F)F)ccc1N1CCCN(C(=O)CN2CNC(C)(c3ccc4c(c3)OCCO4)C2)CC1. The van der Waals surface area contributed by atoms with Crippen molar-refractivity contribution in [3.05, 3.63) is 53.1 Å². The molecule has 2 N–H and O–H groups in total. The molecule has 0 spiro atoms. The van der Waals surface area contributed by atoms with E-state index in [1.54, 1.807) is 11.8 Å². The molecule has 2 aromatic carbocycles. The minimum Gasteiger partial charge on any atom is -0.486 e. The number of halogens is 6. The van der Waals surface area contributed by atoms with Gasteiger partial charge in [0.1, 0.15) is 13.2 Å². The third-order valence-corrected chi connectivity index (χ3v) is 8.80. The Labute approximate surface area is 257 Å². The van der Waals surface area contributed by atoms with Crippen LogP contribution in [0.15, 0.2) is 36.4 Å². The van der Waals surface area contributed by atoms with Gasteiger partial charge in [0.25, 0.3) is 5.60 Å². The van der Waals surface area contributed by atoms with Crippen LogP contribution in [-0.2, 0) is 22.4 Å². The fraction of sp³-hybridized carbons (Fsp3) is 0.581. The van der Waals surface area contributed by atoms with Crippen LogP contribution in [0.25, 0.3) is 0 Å². The van der Waals surface area contributed by atoms with Crippen molar-refractivity contribution in [2.45, 2.75) is 56.6 Å².